The Morgan fingerprint density at radius 3 is 2.48 bits per heavy atom. The number of aliphatic hydroxyl groups is 1. The van der Waals surface area contributed by atoms with Crippen molar-refractivity contribution in [1.82, 2.24) is 19.6 Å². The molecule has 1 amide bonds. The maximum absolute atomic E-state index is 14.0. The Morgan fingerprint density at radius 1 is 1.02 bits per heavy atom. The number of fused-ring (bicyclic) bond motifs is 1. The SMILES string of the molecule is CCC12CC(C3=C(CN4CCN(c5ccc(C(=O)NS(=O)(=O)c6ccc(NCC7CCC(C)(O)CC7)c([N+](=O)[O-])c6)c(Oc6cnc7[nH]ccc7c6)c5)CC4)CCC(C)(C)C3)(C1)C2. The van der Waals surface area contributed by atoms with Crippen molar-refractivity contribution in [2.24, 2.45) is 22.2 Å². The van der Waals surface area contributed by atoms with Gasteiger partial charge in [-0.25, -0.2) is 18.1 Å². The van der Waals surface area contributed by atoms with Gasteiger partial charge < -0.3 is 25.0 Å². The second-order valence-electron chi connectivity index (χ2n) is 20.4. The molecule has 0 spiro atoms. The minimum Gasteiger partial charge on any atom is -0.455 e. The van der Waals surface area contributed by atoms with E-state index in [-0.39, 0.29) is 22.9 Å². The molecule has 1 aliphatic heterocycles. The molecule has 10 rings (SSSR count). The van der Waals surface area contributed by atoms with Gasteiger partial charge >= 0.3 is 0 Å². The van der Waals surface area contributed by atoms with Gasteiger partial charge in [0, 0.05) is 68.7 Å². The van der Waals surface area contributed by atoms with Crippen LogP contribution in [0.2, 0.25) is 0 Å². The topological polar surface area (TPSA) is 183 Å². The van der Waals surface area contributed by atoms with Crippen LogP contribution < -0.4 is 19.7 Å². The van der Waals surface area contributed by atoms with Crippen LogP contribution in [0.4, 0.5) is 17.1 Å². The van der Waals surface area contributed by atoms with Crippen LogP contribution in [0.15, 0.2) is 77.0 Å². The molecule has 0 atom stereocenters. The number of sulfonamides is 1. The van der Waals surface area contributed by atoms with Crippen molar-refractivity contribution in [3.05, 3.63) is 87.7 Å². The molecule has 2 aromatic heterocycles. The number of nitrogens with zero attached hydrogens (tertiary/aromatic N) is 4. The van der Waals surface area contributed by atoms with Gasteiger partial charge in [-0.1, -0.05) is 38.3 Å². The Bertz CT molecular complexity index is 2550. The highest BCUT2D eigenvalue weighted by molar-refractivity contribution is 7.90. The van der Waals surface area contributed by atoms with Gasteiger partial charge in [0.1, 0.15) is 22.8 Å². The lowest BCUT2D eigenvalue weighted by Crippen LogP contribution is -2.63. The monoisotopic (exact) mass is 879 g/mol. The van der Waals surface area contributed by atoms with Gasteiger partial charge in [0.25, 0.3) is 21.6 Å². The zero-order valence-corrected chi connectivity index (χ0v) is 37.8. The first kappa shape index (κ1) is 43.3. The summed E-state index contributed by atoms with van der Waals surface area (Å²) in [5, 5.41) is 26.4. The third-order valence-corrected chi connectivity index (χ3v) is 16.5. The molecule has 0 unspecified atom stereocenters. The number of pyridine rings is 1. The van der Waals surface area contributed by atoms with E-state index in [1.54, 1.807) is 41.7 Å². The maximum Gasteiger partial charge on any atom is 0.293 e. The van der Waals surface area contributed by atoms with E-state index in [4.69, 9.17) is 4.74 Å². The first-order chi connectivity index (χ1) is 29.9. The number of nitro groups is 1. The largest absolute Gasteiger partial charge is 0.455 e. The highest BCUT2D eigenvalue weighted by atomic mass is 32.2. The van der Waals surface area contributed by atoms with E-state index >= 15 is 0 Å². The summed E-state index contributed by atoms with van der Waals surface area (Å²) in [6.45, 7) is 13.8. The average Bonchev–Trinajstić information content (AvgIpc) is 3.69. The number of nitro benzene ring substituents is 1. The summed E-state index contributed by atoms with van der Waals surface area (Å²) >= 11 is 0. The lowest BCUT2D eigenvalue weighted by Gasteiger charge is -2.73. The summed E-state index contributed by atoms with van der Waals surface area (Å²) in [5.74, 6) is -0.214. The number of allylic oxidation sites excluding steroid dienone is 1. The fourth-order valence-corrected chi connectivity index (χ4v) is 12.2. The fraction of sp³-hybridized carbons (Fsp3) is 0.542. The number of carbonyl (C=O) groups is 1. The number of aromatic nitrogens is 2. The summed E-state index contributed by atoms with van der Waals surface area (Å²) in [6, 6.07) is 12.4. The van der Waals surface area contributed by atoms with Gasteiger partial charge in [0.15, 0.2) is 0 Å². The number of ether oxygens (including phenoxy) is 1. The molecule has 4 N–H and O–H groups in total. The van der Waals surface area contributed by atoms with E-state index in [0.717, 1.165) is 62.7 Å². The van der Waals surface area contributed by atoms with Crippen LogP contribution in [-0.4, -0.2) is 84.1 Å². The molecule has 14 nitrogen and oxygen atoms in total. The van der Waals surface area contributed by atoms with Gasteiger partial charge in [-0.05, 0) is 130 Å². The standard InChI is InChI=1S/C48H61N7O7S/c1-5-47-29-48(30-47,31-47)39-25-45(2,3)14-12-34(39)28-53-18-20-54(21-19-53)35-6-8-38(42(23-35)62-36-22-33-13-17-49-43(33)51-27-36)44(56)52-63(60,61)37-7-9-40(41(24-37)55(58)59)50-26-32-10-15-46(4,57)16-11-32/h6-9,13,17,22-24,27,32,50,57H,5,10-12,14-16,18-21,25-26,28-31H2,1-4H3,(H,49,51)(H,52,56). The average molecular weight is 880 g/mol. The van der Waals surface area contributed by atoms with E-state index in [0.29, 0.717) is 47.0 Å². The zero-order chi connectivity index (χ0) is 44.4. The fourth-order valence-electron chi connectivity index (χ4n) is 11.3. The number of aromatic amines is 1. The number of amides is 1. The maximum atomic E-state index is 14.0. The molecule has 336 valence electrons. The number of hydrogen-bond acceptors (Lipinski definition) is 11. The van der Waals surface area contributed by atoms with Crippen LogP contribution in [0.5, 0.6) is 11.5 Å². The van der Waals surface area contributed by atoms with Crippen molar-refractivity contribution in [3.8, 4) is 11.5 Å². The third kappa shape index (κ3) is 8.80. The van der Waals surface area contributed by atoms with Gasteiger partial charge in [-0.2, -0.15) is 0 Å². The van der Waals surface area contributed by atoms with Crippen molar-refractivity contribution in [2.75, 3.05) is 49.5 Å². The zero-order valence-electron chi connectivity index (χ0n) is 37.0. The smallest absolute Gasteiger partial charge is 0.293 e. The molecule has 3 heterocycles. The second kappa shape index (κ2) is 16.2. The molecule has 4 saturated carbocycles. The first-order valence-corrected chi connectivity index (χ1v) is 24.2. The van der Waals surface area contributed by atoms with Crippen LogP contribution in [-0.2, 0) is 10.0 Å². The second-order valence-corrected chi connectivity index (χ2v) is 22.1. The van der Waals surface area contributed by atoms with E-state index < -0.39 is 37.0 Å². The van der Waals surface area contributed by atoms with Crippen molar-refractivity contribution < 1.29 is 28.0 Å². The molecule has 6 aliphatic rings. The van der Waals surface area contributed by atoms with Crippen LogP contribution in [0, 0.1) is 32.3 Å². The molecule has 63 heavy (non-hydrogen) atoms. The number of benzene rings is 2. The Morgan fingerprint density at radius 2 is 1.76 bits per heavy atom. The number of piperazine rings is 1. The number of rotatable bonds is 14. The highest BCUT2D eigenvalue weighted by Crippen LogP contribution is 2.79. The summed E-state index contributed by atoms with van der Waals surface area (Å²) in [6.07, 6.45) is 15.2. The van der Waals surface area contributed by atoms with Crippen LogP contribution in [0.1, 0.15) is 109 Å². The quantitative estimate of drug-likeness (QED) is 0.0539. The predicted molar refractivity (Wildman–Crippen MR) is 244 cm³/mol. The molecule has 2 bridgehead atoms. The molecule has 0 radical (unpaired) electrons. The molecular formula is C48H61N7O7S. The Balaban J connectivity index is 0.910. The first-order valence-electron chi connectivity index (χ1n) is 22.7. The number of carbonyl (C=O) groups excluding carboxylic acids is 1. The molecular weight excluding hydrogens is 819 g/mol. The Hall–Kier alpha value is -4.99. The summed E-state index contributed by atoms with van der Waals surface area (Å²) in [5.41, 5.74) is 5.41. The minimum absolute atomic E-state index is 0.0208. The number of nitrogens with one attached hydrogen (secondary N) is 3. The van der Waals surface area contributed by atoms with Gasteiger partial charge in [-0.3, -0.25) is 19.8 Å². The van der Waals surface area contributed by atoms with E-state index in [1.807, 2.05) is 19.1 Å². The van der Waals surface area contributed by atoms with Crippen molar-refractivity contribution >= 4 is 44.0 Å². The van der Waals surface area contributed by atoms with Gasteiger partial charge in [0.2, 0.25) is 0 Å². The van der Waals surface area contributed by atoms with E-state index in [1.165, 1.54) is 57.1 Å². The Kier molecular flexibility index (Phi) is 11.1. The molecule has 2 aromatic carbocycles. The molecule has 1 saturated heterocycles. The molecule has 5 aliphatic carbocycles. The van der Waals surface area contributed by atoms with Crippen LogP contribution in [0.25, 0.3) is 11.0 Å². The summed E-state index contributed by atoms with van der Waals surface area (Å²) in [4.78, 5) is 37.4. The van der Waals surface area contributed by atoms with Crippen LogP contribution >= 0.6 is 0 Å². The van der Waals surface area contributed by atoms with Crippen molar-refractivity contribution in [3.63, 3.8) is 0 Å². The van der Waals surface area contributed by atoms with E-state index in [2.05, 4.69) is 50.6 Å². The molecule has 5 fully saturated rings. The van der Waals surface area contributed by atoms with E-state index in [9.17, 15) is 28.4 Å². The van der Waals surface area contributed by atoms with Gasteiger partial charge in [0.05, 0.1) is 27.2 Å². The third-order valence-electron chi connectivity index (χ3n) is 15.1. The van der Waals surface area contributed by atoms with Gasteiger partial charge in [-0.15, -0.1) is 0 Å². The number of H-pyrrole nitrogens is 1. The number of hydrogen-bond donors (Lipinski definition) is 4. The van der Waals surface area contributed by atoms with Crippen LogP contribution in [0.3, 0.4) is 0 Å². The molecule has 15 heteroatoms. The molecule has 4 aromatic rings. The minimum atomic E-state index is -4.56. The van der Waals surface area contributed by atoms with Crippen molar-refractivity contribution in [1.29, 1.82) is 0 Å². The normalized spacial score (nSPS) is 27.1. The predicted octanol–water partition coefficient (Wildman–Crippen LogP) is 8.94. The lowest BCUT2D eigenvalue weighted by atomic mass is 9.31. The number of anilines is 2. The lowest BCUT2D eigenvalue weighted by molar-refractivity contribution is -0.384. The summed E-state index contributed by atoms with van der Waals surface area (Å²) in [7, 11) is -4.56. The Labute approximate surface area is 370 Å². The highest BCUT2D eigenvalue weighted by Gasteiger charge is 2.68. The van der Waals surface area contributed by atoms with Crippen molar-refractivity contribution in [2.45, 2.75) is 109 Å². The summed E-state index contributed by atoms with van der Waals surface area (Å²) < 4.78 is 35.9.